The Labute approximate surface area is 95.4 Å². The number of nitrogens with one attached hydrogen (secondary N) is 1. The zero-order chi connectivity index (χ0) is 10.8. The van der Waals surface area contributed by atoms with Crippen molar-refractivity contribution in [2.75, 3.05) is 18.0 Å². The Kier molecular flexibility index (Phi) is 3.12. The van der Waals surface area contributed by atoms with E-state index in [4.69, 9.17) is 11.6 Å². The van der Waals surface area contributed by atoms with Crippen LogP contribution in [0.5, 0.6) is 0 Å². The van der Waals surface area contributed by atoms with Crippen molar-refractivity contribution in [1.29, 1.82) is 0 Å². The highest BCUT2D eigenvalue weighted by Crippen LogP contribution is 2.18. The monoisotopic (exact) mass is 225 g/mol. The van der Waals surface area contributed by atoms with Crippen molar-refractivity contribution in [3.63, 3.8) is 0 Å². The molecule has 0 amide bonds. The smallest absolute Gasteiger partial charge is 0.129 e. The third-order valence-corrected chi connectivity index (χ3v) is 2.86. The zero-order valence-corrected chi connectivity index (χ0v) is 9.83. The number of hydrogen-bond acceptors (Lipinski definition) is 3. The molecule has 1 N–H and O–H groups in total. The van der Waals surface area contributed by atoms with Gasteiger partial charge in [0, 0.05) is 25.2 Å². The van der Waals surface area contributed by atoms with Crippen LogP contribution in [-0.4, -0.2) is 30.2 Å². The van der Waals surface area contributed by atoms with E-state index >= 15 is 0 Å². The van der Waals surface area contributed by atoms with Crippen LogP contribution in [0.3, 0.4) is 0 Å². The van der Waals surface area contributed by atoms with Crippen LogP contribution in [0.1, 0.15) is 13.8 Å². The van der Waals surface area contributed by atoms with Crippen molar-refractivity contribution in [2.24, 2.45) is 0 Å². The molecule has 0 spiro atoms. The summed E-state index contributed by atoms with van der Waals surface area (Å²) in [4.78, 5) is 6.45. The summed E-state index contributed by atoms with van der Waals surface area (Å²) in [5.41, 5.74) is 1.15. The Hall–Kier alpha value is -0.800. The number of anilines is 1. The number of pyridine rings is 1. The van der Waals surface area contributed by atoms with E-state index in [1.54, 1.807) is 0 Å². The van der Waals surface area contributed by atoms with Gasteiger partial charge in [0.25, 0.3) is 0 Å². The molecule has 0 bridgehead atoms. The summed E-state index contributed by atoms with van der Waals surface area (Å²) in [6, 6.07) is 4.91. The molecule has 3 nitrogen and oxygen atoms in total. The summed E-state index contributed by atoms with van der Waals surface area (Å²) in [5, 5.41) is 4.05. The van der Waals surface area contributed by atoms with E-state index in [9.17, 15) is 0 Å². The van der Waals surface area contributed by atoms with Crippen LogP contribution >= 0.6 is 11.6 Å². The van der Waals surface area contributed by atoms with Crippen LogP contribution in [0.15, 0.2) is 18.3 Å². The molecule has 1 saturated heterocycles. The Balaban J connectivity index is 2.12. The number of nitrogens with zero attached hydrogens (tertiary/aromatic N) is 2. The second kappa shape index (κ2) is 4.37. The van der Waals surface area contributed by atoms with E-state index in [0.29, 0.717) is 17.2 Å². The van der Waals surface area contributed by atoms with E-state index in [2.05, 4.69) is 29.0 Å². The lowest BCUT2D eigenvalue weighted by atomic mass is 10.1. The topological polar surface area (TPSA) is 28.2 Å². The first kappa shape index (κ1) is 10.7. The predicted octanol–water partition coefficient (Wildman–Crippen LogP) is 1.92. The second-order valence-corrected chi connectivity index (χ2v) is 4.60. The number of aromatic nitrogens is 1. The van der Waals surface area contributed by atoms with Gasteiger partial charge in [-0.3, -0.25) is 0 Å². The van der Waals surface area contributed by atoms with Gasteiger partial charge in [-0.25, -0.2) is 4.98 Å². The first-order valence-electron chi connectivity index (χ1n) is 5.27. The van der Waals surface area contributed by atoms with Crippen LogP contribution in [0.25, 0.3) is 0 Å². The van der Waals surface area contributed by atoms with Gasteiger partial charge < -0.3 is 10.2 Å². The van der Waals surface area contributed by atoms with Crippen LogP contribution in [-0.2, 0) is 0 Å². The highest BCUT2D eigenvalue weighted by Gasteiger charge is 2.20. The van der Waals surface area contributed by atoms with Crippen LogP contribution < -0.4 is 10.2 Å². The molecule has 0 unspecified atom stereocenters. The molecule has 2 rings (SSSR count). The average molecular weight is 226 g/mol. The molecule has 0 radical (unpaired) electrons. The van der Waals surface area contributed by atoms with E-state index in [1.807, 2.05) is 18.3 Å². The predicted molar refractivity (Wildman–Crippen MR) is 63.5 cm³/mol. The Morgan fingerprint density at radius 3 is 2.53 bits per heavy atom. The normalized spacial score (nSPS) is 26.7. The van der Waals surface area contributed by atoms with Gasteiger partial charge in [0.2, 0.25) is 0 Å². The quantitative estimate of drug-likeness (QED) is 0.741. The van der Waals surface area contributed by atoms with Gasteiger partial charge in [0.05, 0.1) is 11.9 Å². The summed E-state index contributed by atoms with van der Waals surface area (Å²) in [7, 11) is 0. The first-order valence-corrected chi connectivity index (χ1v) is 5.65. The second-order valence-electron chi connectivity index (χ2n) is 4.21. The SMILES string of the molecule is C[C@H]1CN(c2ccc(Cl)nc2)C[C@H](C)N1. The molecule has 0 saturated carbocycles. The minimum atomic E-state index is 0.518. The molecular weight excluding hydrogens is 210 g/mol. The summed E-state index contributed by atoms with van der Waals surface area (Å²) in [6.07, 6.45) is 1.84. The van der Waals surface area contributed by atoms with Gasteiger partial charge >= 0.3 is 0 Å². The van der Waals surface area contributed by atoms with Gasteiger partial charge in [-0.2, -0.15) is 0 Å². The van der Waals surface area contributed by atoms with Gasteiger partial charge in [0.15, 0.2) is 0 Å². The lowest BCUT2D eigenvalue weighted by Gasteiger charge is -2.37. The number of hydrogen-bond donors (Lipinski definition) is 1. The van der Waals surface area contributed by atoms with Crippen LogP contribution in [0.2, 0.25) is 5.15 Å². The maximum atomic E-state index is 5.77. The van der Waals surface area contributed by atoms with E-state index in [-0.39, 0.29) is 0 Å². The van der Waals surface area contributed by atoms with Gasteiger partial charge in [0.1, 0.15) is 5.15 Å². The van der Waals surface area contributed by atoms with Crippen molar-refractivity contribution in [2.45, 2.75) is 25.9 Å². The van der Waals surface area contributed by atoms with E-state index < -0.39 is 0 Å². The first-order chi connectivity index (χ1) is 7.15. The molecular formula is C11H16ClN3. The Morgan fingerprint density at radius 1 is 1.33 bits per heavy atom. The maximum absolute atomic E-state index is 5.77. The summed E-state index contributed by atoms with van der Waals surface area (Å²) in [5.74, 6) is 0. The van der Waals surface area contributed by atoms with Gasteiger partial charge in [-0.05, 0) is 26.0 Å². The lowest BCUT2D eigenvalue weighted by molar-refractivity contribution is 0.407. The fourth-order valence-corrected chi connectivity index (χ4v) is 2.20. The molecule has 1 aliphatic rings. The highest BCUT2D eigenvalue weighted by atomic mass is 35.5. The minimum absolute atomic E-state index is 0.518. The number of piperazine rings is 1. The number of rotatable bonds is 1. The zero-order valence-electron chi connectivity index (χ0n) is 9.07. The largest absolute Gasteiger partial charge is 0.367 e. The van der Waals surface area contributed by atoms with Crippen molar-refractivity contribution < 1.29 is 0 Å². The molecule has 1 aromatic rings. The van der Waals surface area contributed by atoms with Crippen LogP contribution in [0.4, 0.5) is 5.69 Å². The summed E-state index contributed by atoms with van der Waals surface area (Å²) < 4.78 is 0. The average Bonchev–Trinajstić information content (AvgIpc) is 2.17. The third-order valence-electron chi connectivity index (χ3n) is 2.63. The molecule has 0 aliphatic carbocycles. The fraction of sp³-hybridized carbons (Fsp3) is 0.545. The third kappa shape index (κ3) is 2.61. The Bertz CT molecular complexity index is 315. The van der Waals surface area contributed by atoms with E-state index in [0.717, 1.165) is 18.8 Å². The maximum Gasteiger partial charge on any atom is 0.129 e. The van der Waals surface area contributed by atoms with Crippen molar-refractivity contribution in [3.05, 3.63) is 23.5 Å². The standard InChI is InChI=1S/C11H16ClN3/c1-8-6-15(7-9(2)14-8)10-3-4-11(12)13-5-10/h3-5,8-9,14H,6-7H2,1-2H3/t8-,9-/m0/s1. The highest BCUT2D eigenvalue weighted by molar-refractivity contribution is 6.29. The molecule has 0 aromatic carbocycles. The fourth-order valence-electron chi connectivity index (χ4n) is 2.09. The van der Waals surface area contributed by atoms with Gasteiger partial charge in [-0.1, -0.05) is 11.6 Å². The molecule has 15 heavy (non-hydrogen) atoms. The molecule has 2 atom stereocenters. The molecule has 4 heteroatoms. The Morgan fingerprint density at radius 2 is 2.00 bits per heavy atom. The van der Waals surface area contributed by atoms with Crippen molar-refractivity contribution in [3.8, 4) is 0 Å². The summed E-state index contributed by atoms with van der Waals surface area (Å²) in [6.45, 7) is 6.44. The van der Waals surface area contributed by atoms with E-state index in [1.165, 1.54) is 0 Å². The van der Waals surface area contributed by atoms with Crippen molar-refractivity contribution in [1.82, 2.24) is 10.3 Å². The van der Waals surface area contributed by atoms with Crippen LogP contribution in [0, 0.1) is 0 Å². The van der Waals surface area contributed by atoms with Crippen molar-refractivity contribution >= 4 is 17.3 Å². The minimum Gasteiger partial charge on any atom is -0.367 e. The van der Waals surface area contributed by atoms with Gasteiger partial charge in [-0.15, -0.1) is 0 Å². The molecule has 2 heterocycles. The summed E-state index contributed by atoms with van der Waals surface area (Å²) >= 11 is 5.77. The molecule has 1 aliphatic heterocycles. The molecule has 82 valence electrons. The number of halogens is 1. The molecule has 1 fully saturated rings. The molecule has 1 aromatic heterocycles. The lowest BCUT2D eigenvalue weighted by Crippen LogP contribution is -2.54.